The molecule has 16 heavy (non-hydrogen) atoms. The van der Waals surface area contributed by atoms with E-state index in [0.717, 1.165) is 12.8 Å². The van der Waals surface area contributed by atoms with Crippen molar-refractivity contribution in [2.75, 3.05) is 0 Å². The molecule has 86 valence electrons. The highest BCUT2D eigenvalue weighted by Crippen LogP contribution is 2.13. The van der Waals surface area contributed by atoms with Crippen molar-refractivity contribution >= 4 is 0 Å². The fourth-order valence-electron chi connectivity index (χ4n) is 1.61. The molecule has 0 N–H and O–H groups in total. The lowest BCUT2D eigenvalue weighted by Gasteiger charge is -2.11. The molecule has 1 aromatic carbocycles. The zero-order chi connectivity index (χ0) is 11.8. The van der Waals surface area contributed by atoms with Gasteiger partial charge < -0.3 is 0 Å². The van der Waals surface area contributed by atoms with Gasteiger partial charge in [-0.15, -0.1) is 0 Å². The second-order valence-electron chi connectivity index (χ2n) is 3.83. The smallest absolute Gasteiger partial charge is 0.106 e. The fourth-order valence-corrected chi connectivity index (χ4v) is 1.61. The molecule has 0 spiro atoms. The van der Waals surface area contributed by atoms with E-state index < -0.39 is 12.2 Å². The Morgan fingerprint density at radius 3 is 2.62 bits per heavy atom. The van der Waals surface area contributed by atoms with Crippen molar-refractivity contribution in [3.63, 3.8) is 0 Å². The first-order valence-corrected chi connectivity index (χ1v) is 5.46. The predicted octanol–water partition coefficient (Wildman–Crippen LogP) is 4.05. The Morgan fingerprint density at radius 1 is 1.38 bits per heavy atom. The van der Waals surface area contributed by atoms with Crippen LogP contribution in [0.1, 0.15) is 25.3 Å². The Bertz CT molecular complexity index is 345. The summed E-state index contributed by atoms with van der Waals surface area (Å²) >= 11 is 0. The maximum Gasteiger partial charge on any atom is 0.106 e. The highest BCUT2D eigenvalue weighted by atomic mass is 19.1. The molecular weight excluding hydrogens is 205 g/mol. The number of alkyl halides is 1. The van der Waals surface area contributed by atoms with Crippen molar-refractivity contribution in [1.82, 2.24) is 0 Å². The van der Waals surface area contributed by atoms with E-state index in [1.54, 1.807) is 0 Å². The molecule has 0 saturated carbocycles. The lowest BCUT2D eigenvalue weighted by molar-refractivity contribution is 0.292. The van der Waals surface area contributed by atoms with Crippen molar-refractivity contribution in [3.05, 3.63) is 46.3 Å². The molecule has 3 nitrogen and oxygen atoms in total. The molecule has 0 radical (unpaired) electrons. The van der Waals surface area contributed by atoms with Gasteiger partial charge in [0, 0.05) is 4.91 Å². The molecule has 1 aromatic rings. The molecule has 0 amide bonds. The molecule has 0 saturated heterocycles. The zero-order valence-electron chi connectivity index (χ0n) is 9.38. The summed E-state index contributed by atoms with van der Waals surface area (Å²) in [6.07, 6.45) is 1.25. The third-order valence-electron chi connectivity index (χ3n) is 2.54. The van der Waals surface area contributed by atoms with Gasteiger partial charge in [0.1, 0.15) is 6.17 Å². The minimum absolute atomic E-state index is 0.534. The first-order valence-electron chi connectivity index (χ1n) is 5.46. The molecular formula is C12H16FN3. The van der Waals surface area contributed by atoms with Gasteiger partial charge >= 0.3 is 0 Å². The summed E-state index contributed by atoms with van der Waals surface area (Å²) in [6.45, 7) is 1.43. The number of rotatable bonds is 6. The first kappa shape index (κ1) is 12.5. The molecule has 0 aliphatic carbocycles. The molecule has 0 aliphatic rings. The van der Waals surface area contributed by atoms with Gasteiger partial charge in [-0.1, -0.05) is 35.4 Å². The molecule has 0 aromatic heterocycles. The number of hydrogen-bond donors (Lipinski definition) is 0. The molecule has 2 atom stereocenters. The Kier molecular flexibility index (Phi) is 5.37. The van der Waals surface area contributed by atoms with E-state index in [1.165, 1.54) is 12.5 Å². The van der Waals surface area contributed by atoms with E-state index in [1.807, 2.05) is 30.3 Å². The maximum atomic E-state index is 13.0. The van der Waals surface area contributed by atoms with Crippen LogP contribution in [0.5, 0.6) is 0 Å². The Balaban J connectivity index is 2.36. The Labute approximate surface area is 94.9 Å². The molecule has 0 fully saturated rings. The zero-order valence-corrected chi connectivity index (χ0v) is 9.38. The van der Waals surface area contributed by atoms with Gasteiger partial charge in [-0.05, 0) is 37.3 Å². The second-order valence-corrected chi connectivity index (χ2v) is 3.83. The molecule has 0 bridgehead atoms. The second kappa shape index (κ2) is 6.85. The van der Waals surface area contributed by atoms with Crippen LogP contribution in [0, 0.1) is 0 Å². The number of aryl methyl sites for hydroxylation is 1. The minimum Gasteiger partial charge on any atom is -0.247 e. The molecule has 0 unspecified atom stereocenters. The average Bonchev–Trinajstić information content (AvgIpc) is 2.29. The van der Waals surface area contributed by atoms with Crippen molar-refractivity contribution in [3.8, 4) is 0 Å². The monoisotopic (exact) mass is 221 g/mol. The quantitative estimate of drug-likeness (QED) is 0.395. The normalized spacial score (nSPS) is 13.9. The number of azide groups is 1. The van der Waals surface area contributed by atoms with Crippen LogP contribution >= 0.6 is 0 Å². The van der Waals surface area contributed by atoms with Crippen molar-refractivity contribution < 1.29 is 4.39 Å². The van der Waals surface area contributed by atoms with Crippen LogP contribution in [0.3, 0.4) is 0 Å². The van der Waals surface area contributed by atoms with E-state index >= 15 is 0 Å². The van der Waals surface area contributed by atoms with Gasteiger partial charge in [0.25, 0.3) is 0 Å². The third-order valence-corrected chi connectivity index (χ3v) is 2.54. The molecule has 0 aliphatic heterocycles. The fraction of sp³-hybridized carbons (Fsp3) is 0.500. The summed E-state index contributed by atoms with van der Waals surface area (Å²) in [5.41, 5.74) is 9.52. The molecule has 0 heterocycles. The summed E-state index contributed by atoms with van der Waals surface area (Å²) in [4.78, 5) is 2.67. The van der Waals surface area contributed by atoms with Gasteiger partial charge in [0.2, 0.25) is 0 Å². The van der Waals surface area contributed by atoms with Gasteiger partial charge in [-0.3, -0.25) is 0 Å². The lowest BCUT2D eigenvalue weighted by Crippen LogP contribution is -2.16. The van der Waals surface area contributed by atoms with Gasteiger partial charge in [0.05, 0.1) is 6.04 Å². The highest BCUT2D eigenvalue weighted by Gasteiger charge is 2.13. The summed E-state index contributed by atoms with van der Waals surface area (Å²) in [5.74, 6) is 0. The van der Waals surface area contributed by atoms with Crippen LogP contribution in [0.4, 0.5) is 4.39 Å². The topological polar surface area (TPSA) is 48.8 Å². The van der Waals surface area contributed by atoms with E-state index in [9.17, 15) is 4.39 Å². The summed E-state index contributed by atoms with van der Waals surface area (Å²) in [6, 6.07) is 9.49. The van der Waals surface area contributed by atoms with E-state index in [0.29, 0.717) is 6.42 Å². The number of benzene rings is 1. The van der Waals surface area contributed by atoms with E-state index in [2.05, 4.69) is 10.0 Å². The van der Waals surface area contributed by atoms with Gasteiger partial charge in [-0.2, -0.15) is 0 Å². The lowest BCUT2D eigenvalue weighted by atomic mass is 10.0. The van der Waals surface area contributed by atoms with Crippen LogP contribution < -0.4 is 0 Å². The molecule has 4 heteroatoms. The SMILES string of the molecule is C[C@H](F)[C@H](CCCc1ccccc1)N=[N+]=[N-]. The standard InChI is InChI=1S/C12H16FN3/c1-10(13)12(15-16-14)9-5-8-11-6-3-2-4-7-11/h2-4,6-7,10,12H,5,8-9H2,1H3/t10-,12-/m0/s1. The van der Waals surface area contributed by atoms with Gasteiger partial charge in [-0.25, -0.2) is 4.39 Å². The highest BCUT2D eigenvalue weighted by molar-refractivity contribution is 5.14. The van der Waals surface area contributed by atoms with Crippen LogP contribution in [-0.2, 0) is 6.42 Å². The average molecular weight is 221 g/mol. The summed E-state index contributed by atoms with van der Waals surface area (Å²) in [7, 11) is 0. The molecule has 1 rings (SSSR count). The largest absolute Gasteiger partial charge is 0.247 e. The maximum absolute atomic E-state index is 13.0. The Morgan fingerprint density at radius 2 is 2.06 bits per heavy atom. The minimum atomic E-state index is -1.08. The number of hydrogen-bond acceptors (Lipinski definition) is 1. The summed E-state index contributed by atoms with van der Waals surface area (Å²) < 4.78 is 13.0. The van der Waals surface area contributed by atoms with Crippen molar-refractivity contribution in [2.45, 2.75) is 38.4 Å². The summed E-state index contributed by atoms with van der Waals surface area (Å²) in [5, 5.41) is 3.46. The van der Waals surface area contributed by atoms with Crippen molar-refractivity contribution in [2.24, 2.45) is 5.11 Å². The predicted molar refractivity (Wildman–Crippen MR) is 62.9 cm³/mol. The third kappa shape index (κ3) is 4.32. The van der Waals surface area contributed by atoms with Crippen LogP contribution in [0.2, 0.25) is 0 Å². The van der Waals surface area contributed by atoms with E-state index in [4.69, 9.17) is 5.53 Å². The van der Waals surface area contributed by atoms with Crippen LogP contribution in [-0.4, -0.2) is 12.2 Å². The van der Waals surface area contributed by atoms with Gasteiger partial charge in [0.15, 0.2) is 0 Å². The van der Waals surface area contributed by atoms with E-state index in [-0.39, 0.29) is 0 Å². The van der Waals surface area contributed by atoms with Crippen LogP contribution in [0.15, 0.2) is 35.4 Å². The van der Waals surface area contributed by atoms with Crippen molar-refractivity contribution in [1.29, 1.82) is 0 Å². The van der Waals surface area contributed by atoms with Crippen LogP contribution in [0.25, 0.3) is 10.4 Å². The Hall–Kier alpha value is -1.54. The first-order chi connectivity index (χ1) is 7.74. The number of nitrogens with zero attached hydrogens (tertiary/aromatic N) is 3. The number of halogens is 1.